The molecule has 1 unspecified atom stereocenters. The Morgan fingerprint density at radius 1 is 1.05 bits per heavy atom. The van der Waals surface area contributed by atoms with E-state index in [1.165, 1.54) is 51.3 Å². The molecule has 0 saturated carbocycles. The van der Waals surface area contributed by atoms with Crippen molar-refractivity contribution in [3.63, 3.8) is 0 Å². The standard InChI is InChI=1S/C16H25N3/c1-14(15-6-3-2-4-7-15)18-8-5-9-19(11-10-18)16-12-17-13-16/h2-4,6-7,14,16-17H,5,8-13H2,1H3. The molecule has 2 heterocycles. The van der Waals surface area contributed by atoms with E-state index in [-0.39, 0.29) is 0 Å². The molecular weight excluding hydrogens is 234 g/mol. The second-order valence-electron chi connectivity index (χ2n) is 5.82. The third kappa shape index (κ3) is 2.99. The Bertz CT molecular complexity index is 388. The van der Waals surface area contributed by atoms with E-state index < -0.39 is 0 Å². The Balaban J connectivity index is 1.59. The molecule has 1 atom stereocenters. The molecule has 104 valence electrons. The van der Waals surface area contributed by atoms with Crippen molar-refractivity contribution in [2.75, 3.05) is 39.3 Å². The fourth-order valence-electron chi connectivity index (χ4n) is 3.18. The number of hydrogen-bond donors (Lipinski definition) is 1. The zero-order chi connectivity index (χ0) is 13.1. The van der Waals surface area contributed by atoms with Crippen molar-refractivity contribution in [3.05, 3.63) is 35.9 Å². The van der Waals surface area contributed by atoms with Crippen molar-refractivity contribution in [1.29, 1.82) is 0 Å². The molecular formula is C16H25N3. The Morgan fingerprint density at radius 3 is 2.53 bits per heavy atom. The molecule has 3 heteroatoms. The monoisotopic (exact) mass is 259 g/mol. The number of nitrogens with one attached hydrogen (secondary N) is 1. The Kier molecular flexibility index (Phi) is 4.16. The predicted octanol–water partition coefficient (Wildman–Crippen LogP) is 1.73. The van der Waals surface area contributed by atoms with Crippen LogP contribution in [0.3, 0.4) is 0 Å². The molecule has 19 heavy (non-hydrogen) atoms. The summed E-state index contributed by atoms with van der Waals surface area (Å²) in [7, 11) is 0. The van der Waals surface area contributed by atoms with Gasteiger partial charge >= 0.3 is 0 Å². The van der Waals surface area contributed by atoms with Gasteiger partial charge in [-0.15, -0.1) is 0 Å². The normalized spacial score (nSPS) is 24.7. The molecule has 0 spiro atoms. The maximum atomic E-state index is 3.38. The van der Waals surface area contributed by atoms with Gasteiger partial charge in [0.15, 0.2) is 0 Å². The van der Waals surface area contributed by atoms with Gasteiger partial charge in [0.2, 0.25) is 0 Å². The molecule has 2 fully saturated rings. The van der Waals surface area contributed by atoms with E-state index >= 15 is 0 Å². The molecule has 2 saturated heterocycles. The van der Waals surface area contributed by atoms with E-state index in [9.17, 15) is 0 Å². The minimum Gasteiger partial charge on any atom is -0.314 e. The van der Waals surface area contributed by atoms with Crippen molar-refractivity contribution in [3.8, 4) is 0 Å². The second kappa shape index (κ2) is 6.04. The molecule has 1 aromatic carbocycles. The number of benzene rings is 1. The third-order valence-electron chi connectivity index (χ3n) is 4.67. The van der Waals surface area contributed by atoms with Gasteiger partial charge in [0.05, 0.1) is 0 Å². The van der Waals surface area contributed by atoms with Gasteiger partial charge in [-0.05, 0) is 25.5 Å². The summed E-state index contributed by atoms with van der Waals surface area (Å²) in [5.41, 5.74) is 1.45. The van der Waals surface area contributed by atoms with E-state index in [1.807, 2.05) is 0 Å². The van der Waals surface area contributed by atoms with Gasteiger partial charge in [-0.1, -0.05) is 30.3 Å². The number of rotatable bonds is 3. The Labute approximate surface area is 116 Å². The molecule has 0 aliphatic carbocycles. The second-order valence-corrected chi connectivity index (χ2v) is 5.82. The van der Waals surface area contributed by atoms with Gasteiger partial charge in [0.25, 0.3) is 0 Å². The molecule has 3 nitrogen and oxygen atoms in total. The van der Waals surface area contributed by atoms with E-state index in [0.29, 0.717) is 6.04 Å². The minimum atomic E-state index is 0.542. The van der Waals surface area contributed by atoms with Crippen LogP contribution >= 0.6 is 0 Å². The third-order valence-corrected chi connectivity index (χ3v) is 4.67. The van der Waals surface area contributed by atoms with Crippen LogP contribution in [0.1, 0.15) is 24.9 Å². The van der Waals surface area contributed by atoms with Gasteiger partial charge in [-0.3, -0.25) is 9.80 Å². The van der Waals surface area contributed by atoms with Crippen LogP contribution in [0.4, 0.5) is 0 Å². The van der Waals surface area contributed by atoms with Crippen LogP contribution in [0.25, 0.3) is 0 Å². The first kappa shape index (κ1) is 13.1. The highest BCUT2D eigenvalue weighted by molar-refractivity contribution is 5.18. The van der Waals surface area contributed by atoms with Gasteiger partial charge < -0.3 is 5.32 Å². The molecule has 0 radical (unpaired) electrons. The van der Waals surface area contributed by atoms with Crippen LogP contribution in [0, 0.1) is 0 Å². The minimum absolute atomic E-state index is 0.542. The van der Waals surface area contributed by atoms with E-state index in [2.05, 4.69) is 52.4 Å². The predicted molar refractivity (Wildman–Crippen MR) is 79.3 cm³/mol. The highest BCUT2D eigenvalue weighted by Crippen LogP contribution is 2.22. The van der Waals surface area contributed by atoms with Crippen LogP contribution in [-0.2, 0) is 0 Å². The van der Waals surface area contributed by atoms with Gasteiger partial charge in [-0.2, -0.15) is 0 Å². The van der Waals surface area contributed by atoms with Gasteiger partial charge in [0.1, 0.15) is 0 Å². The highest BCUT2D eigenvalue weighted by Gasteiger charge is 2.27. The van der Waals surface area contributed by atoms with Crippen LogP contribution in [0.15, 0.2) is 30.3 Å². The summed E-state index contributed by atoms with van der Waals surface area (Å²) in [6.45, 7) is 9.64. The lowest BCUT2D eigenvalue weighted by atomic mass is 10.1. The molecule has 2 aliphatic rings. The molecule has 2 aliphatic heterocycles. The van der Waals surface area contributed by atoms with Crippen molar-refractivity contribution >= 4 is 0 Å². The summed E-state index contributed by atoms with van der Waals surface area (Å²) >= 11 is 0. The lowest BCUT2D eigenvalue weighted by molar-refractivity contribution is 0.144. The fraction of sp³-hybridized carbons (Fsp3) is 0.625. The van der Waals surface area contributed by atoms with Crippen molar-refractivity contribution in [2.24, 2.45) is 0 Å². The average Bonchev–Trinajstić information content (AvgIpc) is 2.63. The molecule has 0 amide bonds. The van der Waals surface area contributed by atoms with Crippen LogP contribution in [0.2, 0.25) is 0 Å². The SMILES string of the molecule is CC(c1ccccc1)N1CCCN(C2CNC2)CC1. The first-order chi connectivity index (χ1) is 9.34. The molecule has 3 rings (SSSR count). The van der Waals surface area contributed by atoms with Crippen LogP contribution in [-0.4, -0.2) is 55.1 Å². The maximum Gasteiger partial charge on any atom is 0.0345 e. The smallest absolute Gasteiger partial charge is 0.0345 e. The highest BCUT2D eigenvalue weighted by atomic mass is 15.3. The Hall–Kier alpha value is -0.900. The zero-order valence-corrected chi connectivity index (χ0v) is 11.9. The molecule has 0 bridgehead atoms. The van der Waals surface area contributed by atoms with E-state index in [4.69, 9.17) is 0 Å². The van der Waals surface area contributed by atoms with Crippen molar-refractivity contribution in [1.82, 2.24) is 15.1 Å². The van der Waals surface area contributed by atoms with Crippen molar-refractivity contribution < 1.29 is 0 Å². The summed E-state index contributed by atoms with van der Waals surface area (Å²) in [5.74, 6) is 0. The average molecular weight is 259 g/mol. The van der Waals surface area contributed by atoms with Gasteiger partial charge in [-0.25, -0.2) is 0 Å². The maximum absolute atomic E-state index is 3.38. The lowest BCUT2D eigenvalue weighted by Crippen LogP contribution is -2.57. The summed E-state index contributed by atoms with van der Waals surface area (Å²) < 4.78 is 0. The van der Waals surface area contributed by atoms with E-state index in [0.717, 1.165) is 6.04 Å². The van der Waals surface area contributed by atoms with Crippen molar-refractivity contribution in [2.45, 2.75) is 25.4 Å². The molecule has 1 N–H and O–H groups in total. The number of hydrogen-bond acceptors (Lipinski definition) is 3. The summed E-state index contributed by atoms with van der Waals surface area (Å²) in [4.78, 5) is 5.32. The molecule has 0 aromatic heterocycles. The summed E-state index contributed by atoms with van der Waals surface area (Å²) in [6, 6.07) is 12.2. The summed E-state index contributed by atoms with van der Waals surface area (Å²) in [5, 5.41) is 3.38. The van der Waals surface area contributed by atoms with Crippen LogP contribution < -0.4 is 5.32 Å². The number of nitrogens with zero attached hydrogens (tertiary/aromatic N) is 2. The Morgan fingerprint density at radius 2 is 1.84 bits per heavy atom. The largest absolute Gasteiger partial charge is 0.314 e. The van der Waals surface area contributed by atoms with Crippen LogP contribution in [0.5, 0.6) is 0 Å². The zero-order valence-electron chi connectivity index (χ0n) is 11.9. The summed E-state index contributed by atoms with van der Waals surface area (Å²) in [6.07, 6.45) is 1.30. The quantitative estimate of drug-likeness (QED) is 0.892. The first-order valence-electron chi connectivity index (χ1n) is 7.58. The van der Waals surface area contributed by atoms with Gasteiger partial charge in [0, 0.05) is 44.8 Å². The lowest BCUT2D eigenvalue weighted by Gasteiger charge is -2.37. The first-order valence-corrected chi connectivity index (χ1v) is 7.58. The molecule has 1 aromatic rings. The fourth-order valence-corrected chi connectivity index (χ4v) is 3.18. The topological polar surface area (TPSA) is 18.5 Å². The van der Waals surface area contributed by atoms with E-state index in [1.54, 1.807) is 0 Å².